The van der Waals surface area contributed by atoms with Crippen molar-refractivity contribution in [3.05, 3.63) is 6.33 Å². The van der Waals surface area contributed by atoms with Gasteiger partial charge in [-0.2, -0.15) is 0 Å². The number of nitrogen functional groups attached to an aromatic ring is 1. The molecule has 1 heterocycles. The largest absolute Gasteiger partial charge is 0.490 e. The van der Waals surface area contributed by atoms with Crippen molar-refractivity contribution in [2.75, 3.05) is 24.8 Å². The molecule has 0 saturated carbocycles. The van der Waals surface area contributed by atoms with Crippen molar-refractivity contribution < 1.29 is 9.84 Å². The maximum atomic E-state index is 9.02. The van der Waals surface area contributed by atoms with E-state index in [-0.39, 0.29) is 12.6 Å². The van der Waals surface area contributed by atoms with Crippen molar-refractivity contribution in [2.24, 2.45) is 5.92 Å². The molecule has 6 heteroatoms. The number of rotatable bonds is 6. The number of aliphatic hydroxyl groups is 1. The molecular weight excluding hydrogens is 220 g/mol. The van der Waals surface area contributed by atoms with E-state index in [9.17, 15) is 0 Å². The first kappa shape index (κ1) is 13.5. The topological polar surface area (TPSA) is 93.3 Å². The molecule has 17 heavy (non-hydrogen) atoms. The summed E-state index contributed by atoms with van der Waals surface area (Å²) in [6, 6.07) is 0.114. The van der Waals surface area contributed by atoms with Crippen LogP contribution in [-0.2, 0) is 0 Å². The smallest absolute Gasteiger partial charge is 0.203 e. The molecule has 0 amide bonds. The third-order valence-electron chi connectivity index (χ3n) is 2.60. The van der Waals surface area contributed by atoms with Crippen LogP contribution in [0.1, 0.15) is 20.3 Å². The molecule has 0 aliphatic rings. The number of ether oxygens (including phenoxy) is 1. The zero-order chi connectivity index (χ0) is 12.8. The summed E-state index contributed by atoms with van der Waals surface area (Å²) in [5, 5.41) is 12.2. The van der Waals surface area contributed by atoms with Crippen molar-refractivity contribution in [2.45, 2.75) is 26.3 Å². The molecule has 96 valence electrons. The van der Waals surface area contributed by atoms with E-state index in [1.165, 1.54) is 13.4 Å². The van der Waals surface area contributed by atoms with Crippen LogP contribution in [0.3, 0.4) is 0 Å². The van der Waals surface area contributed by atoms with E-state index >= 15 is 0 Å². The number of methoxy groups -OCH3 is 1. The minimum absolute atomic E-state index is 0.114. The minimum Gasteiger partial charge on any atom is -0.490 e. The average molecular weight is 240 g/mol. The summed E-state index contributed by atoms with van der Waals surface area (Å²) in [6.45, 7) is 4.27. The standard InChI is InChI=1S/C11H20N4O2/c1-7(2)8(4-5-16)15-11-9(17-3)10(12)13-6-14-11/h6-8,16H,4-5H2,1-3H3,(H3,12,13,14,15). The summed E-state index contributed by atoms with van der Waals surface area (Å²) in [4.78, 5) is 7.97. The molecule has 1 unspecified atom stereocenters. The summed E-state index contributed by atoms with van der Waals surface area (Å²) in [6.07, 6.45) is 2.03. The Bertz CT molecular complexity index is 357. The average Bonchev–Trinajstić information content (AvgIpc) is 2.28. The van der Waals surface area contributed by atoms with Crippen molar-refractivity contribution in [3.8, 4) is 5.75 Å². The summed E-state index contributed by atoms with van der Waals surface area (Å²) in [7, 11) is 1.52. The third-order valence-corrected chi connectivity index (χ3v) is 2.60. The van der Waals surface area contributed by atoms with E-state index in [2.05, 4.69) is 29.1 Å². The van der Waals surface area contributed by atoms with E-state index in [1.54, 1.807) is 0 Å². The maximum absolute atomic E-state index is 9.02. The molecule has 0 bridgehead atoms. The number of aliphatic hydroxyl groups excluding tert-OH is 1. The number of anilines is 2. The van der Waals surface area contributed by atoms with Gasteiger partial charge in [-0.15, -0.1) is 0 Å². The molecule has 0 saturated heterocycles. The molecule has 0 radical (unpaired) electrons. The molecule has 0 aliphatic carbocycles. The summed E-state index contributed by atoms with van der Waals surface area (Å²) in [5.41, 5.74) is 5.69. The lowest BCUT2D eigenvalue weighted by Crippen LogP contribution is -2.27. The Morgan fingerprint density at radius 2 is 2.18 bits per heavy atom. The molecule has 0 spiro atoms. The van der Waals surface area contributed by atoms with Gasteiger partial charge >= 0.3 is 0 Å². The van der Waals surface area contributed by atoms with Gasteiger partial charge in [-0.3, -0.25) is 0 Å². The lowest BCUT2D eigenvalue weighted by Gasteiger charge is -2.23. The van der Waals surface area contributed by atoms with E-state index in [0.717, 1.165) is 0 Å². The van der Waals surface area contributed by atoms with Crippen LogP contribution in [0.4, 0.5) is 11.6 Å². The minimum atomic E-state index is 0.114. The SMILES string of the molecule is COc1c(N)ncnc1NC(CCO)C(C)C. The Hall–Kier alpha value is -1.56. The summed E-state index contributed by atoms with van der Waals surface area (Å²) >= 11 is 0. The molecule has 1 aromatic heterocycles. The van der Waals surface area contributed by atoms with Crippen LogP contribution in [0.25, 0.3) is 0 Å². The first-order chi connectivity index (χ1) is 8.10. The third kappa shape index (κ3) is 3.45. The van der Waals surface area contributed by atoms with Crippen molar-refractivity contribution >= 4 is 11.6 Å². The second-order valence-corrected chi connectivity index (χ2v) is 4.15. The van der Waals surface area contributed by atoms with Gasteiger partial charge in [0.1, 0.15) is 6.33 Å². The molecule has 0 aromatic carbocycles. The second kappa shape index (κ2) is 6.24. The predicted molar refractivity (Wildman–Crippen MR) is 66.9 cm³/mol. The number of nitrogens with zero attached hydrogens (tertiary/aromatic N) is 2. The highest BCUT2D eigenvalue weighted by molar-refractivity contribution is 5.61. The fraction of sp³-hybridized carbons (Fsp3) is 0.636. The highest BCUT2D eigenvalue weighted by Crippen LogP contribution is 2.28. The van der Waals surface area contributed by atoms with E-state index in [4.69, 9.17) is 15.6 Å². The van der Waals surface area contributed by atoms with Gasteiger partial charge in [0, 0.05) is 12.6 Å². The normalized spacial score (nSPS) is 12.5. The fourth-order valence-electron chi connectivity index (χ4n) is 1.58. The predicted octanol–water partition coefficient (Wildman–Crippen LogP) is 0.886. The van der Waals surface area contributed by atoms with Gasteiger partial charge in [-0.05, 0) is 12.3 Å². The van der Waals surface area contributed by atoms with E-state index in [0.29, 0.717) is 29.7 Å². The molecule has 0 aliphatic heterocycles. The number of hydrogen-bond acceptors (Lipinski definition) is 6. The Balaban J connectivity index is 2.88. The van der Waals surface area contributed by atoms with Crippen LogP contribution in [0.15, 0.2) is 6.33 Å². The Kier molecular flexibility index (Phi) is 4.96. The monoisotopic (exact) mass is 240 g/mol. The molecule has 0 fully saturated rings. The van der Waals surface area contributed by atoms with Gasteiger partial charge in [-0.25, -0.2) is 9.97 Å². The van der Waals surface area contributed by atoms with E-state index < -0.39 is 0 Å². The van der Waals surface area contributed by atoms with Crippen molar-refractivity contribution in [1.82, 2.24) is 9.97 Å². The molecule has 1 atom stereocenters. The zero-order valence-electron chi connectivity index (χ0n) is 10.5. The lowest BCUT2D eigenvalue weighted by atomic mass is 10.0. The van der Waals surface area contributed by atoms with Crippen molar-refractivity contribution in [3.63, 3.8) is 0 Å². The van der Waals surface area contributed by atoms with Gasteiger partial charge in [0.25, 0.3) is 0 Å². The maximum Gasteiger partial charge on any atom is 0.203 e. The fourth-order valence-corrected chi connectivity index (χ4v) is 1.58. The molecule has 4 N–H and O–H groups in total. The van der Waals surface area contributed by atoms with Crippen molar-refractivity contribution in [1.29, 1.82) is 0 Å². The highest BCUT2D eigenvalue weighted by Gasteiger charge is 2.17. The van der Waals surface area contributed by atoms with Gasteiger partial charge < -0.3 is 20.9 Å². The second-order valence-electron chi connectivity index (χ2n) is 4.15. The van der Waals surface area contributed by atoms with Gasteiger partial charge in [0.05, 0.1) is 7.11 Å². The molecule has 6 nitrogen and oxygen atoms in total. The van der Waals surface area contributed by atoms with Crippen LogP contribution in [0.2, 0.25) is 0 Å². The zero-order valence-corrected chi connectivity index (χ0v) is 10.5. The molecule has 1 aromatic rings. The first-order valence-corrected chi connectivity index (χ1v) is 5.62. The Morgan fingerprint density at radius 1 is 1.47 bits per heavy atom. The summed E-state index contributed by atoms with van der Waals surface area (Å²) in [5.74, 6) is 1.67. The van der Waals surface area contributed by atoms with Crippen LogP contribution < -0.4 is 15.8 Å². The number of nitrogens with one attached hydrogen (secondary N) is 1. The quantitative estimate of drug-likeness (QED) is 0.683. The van der Waals surface area contributed by atoms with Gasteiger partial charge in [-0.1, -0.05) is 13.8 Å². The first-order valence-electron chi connectivity index (χ1n) is 5.62. The van der Waals surface area contributed by atoms with Crippen LogP contribution >= 0.6 is 0 Å². The number of aromatic nitrogens is 2. The highest BCUT2D eigenvalue weighted by atomic mass is 16.5. The van der Waals surface area contributed by atoms with Crippen LogP contribution in [0, 0.1) is 5.92 Å². The lowest BCUT2D eigenvalue weighted by molar-refractivity contribution is 0.267. The Labute approximate surface area is 101 Å². The van der Waals surface area contributed by atoms with Gasteiger partial charge in [0.2, 0.25) is 5.75 Å². The molecule has 1 rings (SSSR count). The molecular formula is C11H20N4O2. The van der Waals surface area contributed by atoms with Gasteiger partial charge in [0.15, 0.2) is 11.6 Å². The summed E-state index contributed by atoms with van der Waals surface area (Å²) < 4.78 is 5.16. The van der Waals surface area contributed by atoms with E-state index in [1.807, 2.05) is 0 Å². The Morgan fingerprint density at radius 3 is 2.71 bits per heavy atom. The number of nitrogens with two attached hydrogens (primary N) is 1. The van der Waals surface area contributed by atoms with Crippen LogP contribution in [-0.4, -0.2) is 34.8 Å². The van der Waals surface area contributed by atoms with Crippen LogP contribution in [0.5, 0.6) is 5.75 Å². The number of hydrogen-bond donors (Lipinski definition) is 3.